The molecule has 6 nitrogen and oxygen atoms in total. The van der Waals surface area contributed by atoms with E-state index in [-0.39, 0.29) is 11.8 Å². The average molecular weight is 348 g/mol. The Bertz CT molecular complexity index is 1010. The fraction of sp³-hybridized carbons (Fsp3) is 0.250. The van der Waals surface area contributed by atoms with Crippen molar-refractivity contribution in [3.05, 3.63) is 59.4 Å². The number of nitrogens with zero attached hydrogens (tertiary/aromatic N) is 2. The van der Waals surface area contributed by atoms with Gasteiger partial charge in [0, 0.05) is 17.8 Å². The Morgan fingerprint density at radius 1 is 1.19 bits per heavy atom. The molecule has 1 atom stereocenters. The lowest BCUT2D eigenvalue weighted by Crippen LogP contribution is -2.41. The minimum absolute atomic E-state index is 0.0655. The molecule has 1 unspecified atom stereocenters. The molecular weight excluding hydrogens is 328 g/mol. The number of amides is 2. The summed E-state index contributed by atoms with van der Waals surface area (Å²) in [7, 11) is 0. The fourth-order valence-corrected chi connectivity index (χ4v) is 3.28. The van der Waals surface area contributed by atoms with Crippen LogP contribution >= 0.6 is 0 Å². The number of H-pyrrole nitrogens is 1. The van der Waals surface area contributed by atoms with E-state index in [4.69, 9.17) is 0 Å². The molecule has 2 aromatic carbocycles. The second-order valence-corrected chi connectivity index (χ2v) is 6.71. The smallest absolute Gasteiger partial charge is 0.252 e. The van der Waals surface area contributed by atoms with E-state index in [1.807, 2.05) is 32.0 Å². The molecule has 2 heterocycles. The number of hydrogen-bond donors (Lipinski definition) is 2. The average Bonchev–Trinajstić information content (AvgIpc) is 3.24. The summed E-state index contributed by atoms with van der Waals surface area (Å²) in [6.45, 7) is 4.68. The highest BCUT2D eigenvalue weighted by molar-refractivity contribution is 6.04. The Morgan fingerprint density at radius 3 is 2.85 bits per heavy atom. The number of aryl methyl sites for hydroxylation is 2. The third-order valence-electron chi connectivity index (χ3n) is 5.00. The largest absolute Gasteiger partial charge is 0.345 e. The zero-order valence-electron chi connectivity index (χ0n) is 14.7. The molecule has 26 heavy (non-hydrogen) atoms. The van der Waals surface area contributed by atoms with E-state index in [1.54, 1.807) is 29.4 Å². The number of aromatic amines is 1. The molecule has 0 radical (unpaired) electrons. The molecular formula is C20H20N4O2. The van der Waals surface area contributed by atoms with Gasteiger partial charge in [0.1, 0.15) is 6.04 Å². The molecule has 1 saturated heterocycles. The second-order valence-electron chi connectivity index (χ2n) is 6.71. The van der Waals surface area contributed by atoms with Crippen LogP contribution in [-0.2, 0) is 4.79 Å². The van der Waals surface area contributed by atoms with E-state index >= 15 is 0 Å². The Kier molecular flexibility index (Phi) is 3.95. The summed E-state index contributed by atoms with van der Waals surface area (Å²) in [4.78, 5) is 34.2. The lowest BCUT2D eigenvalue weighted by atomic mass is 10.1. The lowest BCUT2D eigenvalue weighted by Gasteiger charge is -2.18. The van der Waals surface area contributed by atoms with Crippen molar-refractivity contribution in [3.63, 3.8) is 0 Å². The van der Waals surface area contributed by atoms with Crippen LogP contribution in [0.2, 0.25) is 0 Å². The Balaban J connectivity index is 1.49. The monoisotopic (exact) mass is 348 g/mol. The van der Waals surface area contributed by atoms with Crippen LogP contribution in [0.5, 0.6) is 0 Å². The fourth-order valence-electron chi connectivity index (χ4n) is 3.28. The Labute approximate surface area is 151 Å². The first-order valence-corrected chi connectivity index (χ1v) is 8.65. The third kappa shape index (κ3) is 2.83. The van der Waals surface area contributed by atoms with E-state index in [0.29, 0.717) is 18.5 Å². The van der Waals surface area contributed by atoms with E-state index in [2.05, 4.69) is 15.3 Å². The van der Waals surface area contributed by atoms with Gasteiger partial charge in [-0.2, -0.15) is 0 Å². The van der Waals surface area contributed by atoms with E-state index in [1.165, 1.54) is 5.56 Å². The third-order valence-corrected chi connectivity index (χ3v) is 5.00. The van der Waals surface area contributed by atoms with Crippen LogP contribution in [0.1, 0.15) is 27.9 Å². The van der Waals surface area contributed by atoms with Gasteiger partial charge in [0.15, 0.2) is 0 Å². The van der Waals surface area contributed by atoms with Crippen LogP contribution in [0.15, 0.2) is 42.7 Å². The zero-order chi connectivity index (χ0) is 18.3. The number of aromatic nitrogens is 2. The first kappa shape index (κ1) is 16.3. The van der Waals surface area contributed by atoms with Gasteiger partial charge in [-0.25, -0.2) is 4.98 Å². The molecule has 0 aliphatic carbocycles. The van der Waals surface area contributed by atoms with E-state index in [0.717, 1.165) is 22.3 Å². The van der Waals surface area contributed by atoms with Crippen molar-refractivity contribution in [2.24, 2.45) is 0 Å². The summed E-state index contributed by atoms with van der Waals surface area (Å²) in [5.74, 6) is -0.314. The van der Waals surface area contributed by atoms with Gasteiger partial charge in [-0.1, -0.05) is 6.07 Å². The van der Waals surface area contributed by atoms with Crippen molar-refractivity contribution < 1.29 is 9.59 Å². The topological polar surface area (TPSA) is 78.1 Å². The van der Waals surface area contributed by atoms with Gasteiger partial charge in [-0.05, 0) is 61.7 Å². The van der Waals surface area contributed by atoms with Crippen LogP contribution in [0.3, 0.4) is 0 Å². The Morgan fingerprint density at radius 2 is 2.04 bits per heavy atom. The molecule has 132 valence electrons. The van der Waals surface area contributed by atoms with E-state index in [9.17, 15) is 9.59 Å². The molecule has 0 bridgehead atoms. The molecule has 1 aliphatic heterocycles. The molecule has 1 aliphatic rings. The summed E-state index contributed by atoms with van der Waals surface area (Å²) in [6, 6.07) is 10.8. The highest BCUT2D eigenvalue weighted by Crippen LogP contribution is 2.24. The number of anilines is 1. The molecule has 1 aromatic heterocycles. The number of carbonyl (C=O) groups excluding carboxylic acids is 2. The van der Waals surface area contributed by atoms with Gasteiger partial charge in [0.25, 0.3) is 5.91 Å². The second kappa shape index (κ2) is 6.29. The van der Waals surface area contributed by atoms with Gasteiger partial charge in [-0.15, -0.1) is 0 Å². The molecule has 0 saturated carbocycles. The number of carbonyl (C=O) groups is 2. The molecule has 0 spiro atoms. The predicted octanol–water partition coefficient (Wildman–Crippen LogP) is 2.72. The van der Waals surface area contributed by atoms with Crippen molar-refractivity contribution in [3.8, 4) is 0 Å². The summed E-state index contributed by atoms with van der Waals surface area (Å²) < 4.78 is 0. The number of fused-ring (bicyclic) bond motifs is 1. The first-order chi connectivity index (χ1) is 12.5. The van der Waals surface area contributed by atoms with Crippen LogP contribution in [-0.4, -0.2) is 34.4 Å². The van der Waals surface area contributed by atoms with Gasteiger partial charge in [0.2, 0.25) is 5.91 Å². The summed E-state index contributed by atoms with van der Waals surface area (Å²) in [6.07, 6.45) is 2.19. The van der Waals surface area contributed by atoms with Gasteiger partial charge in [0.05, 0.1) is 17.4 Å². The number of rotatable bonds is 3. The molecule has 3 aromatic rings. The highest BCUT2D eigenvalue weighted by atomic mass is 16.2. The van der Waals surface area contributed by atoms with Crippen molar-refractivity contribution >= 4 is 28.5 Å². The number of hydrogen-bond acceptors (Lipinski definition) is 3. The van der Waals surface area contributed by atoms with Crippen molar-refractivity contribution in [1.29, 1.82) is 0 Å². The van der Waals surface area contributed by atoms with Gasteiger partial charge < -0.3 is 15.2 Å². The minimum Gasteiger partial charge on any atom is -0.345 e. The number of nitrogens with one attached hydrogen (secondary N) is 2. The summed E-state index contributed by atoms with van der Waals surface area (Å²) >= 11 is 0. The van der Waals surface area contributed by atoms with E-state index < -0.39 is 6.04 Å². The maximum absolute atomic E-state index is 12.7. The number of benzene rings is 2. The van der Waals surface area contributed by atoms with Crippen LogP contribution in [0.4, 0.5) is 5.69 Å². The Hall–Kier alpha value is -3.15. The molecule has 6 heteroatoms. The van der Waals surface area contributed by atoms with Crippen LogP contribution < -0.4 is 10.2 Å². The quantitative estimate of drug-likeness (QED) is 0.764. The zero-order valence-corrected chi connectivity index (χ0v) is 14.7. The highest BCUT2D eigenvalue weighted by Gasteiger charge is 2.33. The van der Waals surface area contributed by atoms with Gasteiger partial charge >= 0.3 is 0 Å². The minimum atomic E-state index is -0.499. The summed E-state index contributed by atoms with van der Waals surface area (Å²) in [5, 5.41) is 2.86. The maximum atomic E-state index is 12.7. The maximum Gasteiger partial charge on any atom is 0.252 e. The SMILES string of the molecule is Cc1ccc(N2CCC(NC(=O)c3ccc4nc[nH]c4c3)C2=O)cc1C. The van der Waals surface area contributed by atoms with Crippen LogP contribution in [0, 0.1) is 13.8 Å². The lowest BCUT2D eigenvalue weighted by molar-refractivity contribution is -0.118. The summed E-state index contributed by atoms with van der Waals surface area (Å²) in [5.41, 5.74) is 5.34. The normalized spacial score (nSPS) is 17.1. The first-order valence-electron chi connectivity index (χ1n) is 8.65. The van der Waals surface area contributed by atoms with Crippen LogP contribution in [0.25, 0.3) is 11.0 Å². The van der Waals surface area contributed by atoms with Gasteiger partial charge in [-0.3, -0.25) is 9.59 Å². The van der Waals surface area contributed by atoms with Crippen molar-refractivity contribution in [1.82, 2.24) is 15.3 Å². The number of imidazole rings is 1. The molecule has 2 N–H and O–H groups in total. The molecule has 2 amide bonds. The molecule has 4 rings (SSSR count). The predicted molar refractivity (Wildman–Crippen MR) is 100 cm³/mol. The standard InChI is InChI=1S/C20H20N4O2/c1-12-3-5-15(9-13(12)2)24-8-7-17(20(24)26)23-19(25)14-4-6-16-18(10-14)22-11-21-16/h3-6,9-11,17H,7-8H2,1-2H3,(H,21,22)(H,23,25). The van der Waals surface area contributed by atoms with Crippen molar-refractivity contribution in [2.45, 2.75) is 26.3 Å². The van der Waals surface area contributed by atoms with Crippen molar-refractivity contribution in [2.75, 3.05) is 11.4 Å². The molecule has 1 fully saturated rings.